The van der Waals surface area contributed by atoms with Crippen molar-refractivity contribution in [1.29, 1.82) is 5.26 Å². The van der Waals surface area contributed by atoms with Crippen LogP contribution in [0.4, 0.5) is 0 Å². The van der Waals surface area contributed by atoms with Gasteiger partial charge in [-0.25, -0.2) is 0 Å². The predicted molar refractivity (Wildman–Crippen MR) is 35.1 cm³/mol. The number of nitrogens with zero attached hydrogens (tertiary/aromatic N) is 1. The Morgan fingerprint density at radius 3 is 2.40 bits per heavy atom. The first-order valence-corrected chi connectivity index (χ1v) is 7.73. The van der Waals surface area contributed by atoms with E-state index in [1.807, 2.05) is 6.07 Å². The third-order valence-electron chi connectivity index (χ3n) is 0.650. The third-order valence-corrected chi connectivity index (χ3v) is 0.650. The minimum atomic E-state index is -0.472. The normalized spacial score (nSPS) is 7.70. The maximum absolute atomic E-state index is 8.12. The second-order valence-corrected chi connectivity index (χ2v) is 4.45. The van der Waals surface area contributed by atoms with Crippen LogP contribution in [0.15, 0.2) is 23.0 Å². The van der Waals surface area contributed by atoms with Gasteiger partial charge in [0.05, 0.1) is 11.8 Å². The Balaban J connectivity index is 0.000000236. The first kappa shape index (κ1) is 10.0. The zero-order chi connectivity index (χ0) is 7.82. The van der Waals surface area contributed by atoms with Gasteiger partial charge < -0.3 is 4.42 Å². The molecule has 10 heavy (non-hydrogen) atoms. The molecule has 0 bridgehead atoms. The molecule has 0 spiro atoms. The molecule has 1 heterocycles. The van der Waals surface area contributed by atoms with Gasteiger partial charge in [0, 0.05) is 0 Å². The Morgan fingerprint density at radius 2 is 2.20 bits per heavy atom. The Hall–Kier alpha value is 0.0383. The van der Waals surface area contributed by atoms with Crippen molar-refractivity contribution < 1.29 is 20.9 Å². The molecule has 0 amide bonds. The van der Waals surface area contributed by atoms with Crippen molar-refractivity contribution in [1.82, 2.24) is 0 Å². The van der Waals surface area contributed by atoms with Gasteiger partial charge in [-0.05, 0) is 6.07 Å². The molecule has 0 saturated heterocycles. The second-order valence-electron chi connectivity index (χ2n) is 1.17. The van der Waals surface area contributed by atoms with Gasteiger partial charge in [-0.1, -0.05) is 0 Å². The molecule has 0 fully saturated rings. The zero-order valence-corrected chi connectivity index (χ0v) is 8.44. The van der Waals surface area contributed by atoms with E-state index in [1.165, 1.54) is 12.5 Å². The van der Waals surface area contributed by atoms with Gasteiger partial charge in [0.25, 0.3) is 0 Å². The topological polar surface area (TPSA) is 36.9 Å². The summed E-state index contributed by atoms with van der Waals surface area (Å²) in [5.41, 5.74) is 0.569. The Morgan fingerprint density at radius 1 is 1.60 bits per heavy atom. The first-order valence-electron chi connectivity index (χ1n) is 2.09. The van der Waals surface area contributed by atoms with Gasteiger partial charge in [-0.2, -0.15) is 5.26 Å². The van der Waals surface area contributed by atoms with Crippen LogP contribution >= 0.6 is 18.8 Å². The molecule has 0 aliphatic carbocycles. The van der Waals surface area contributed by atoms with Crippen LogP contribution in [-0.4, -0.2) is 0 Å². The Kier molecular flexibility index (Phi) is 7.18. The standard InChI is InChI=1S/C5H3NO.2ClH.Pt/c6-3-5-1-2-7-4-5;;;/h1-2,4H;2*1H;/q;;;+2/p-2. The van der Waals surface area contributed by atoms with Crippen LogP contribution in [-0.2, 0) is 16.5 Å². The number of hydrogen-bond acceptors (Lipinski definition) is 2. The van der Waals surface area contributed by atoms with Crippen LogP contribution in [0.25, 0.3) is 0 Å². The molecule has 2 nitrogen and oxygen atoms in total. The number of halogens is 2. The Bertz CT molecular complexity index is 194. The van der Waals surface area contributed by atoms with Gasteiger partial charge in [-0.15, -0.1) is 0 Å². The van der Waals surface area contributed by atoms with Crippen LogP contribution in [0.1, 0.15) is 5.56 Å². The molecule has 5 heteroatoms. The number of nitriles is 1. The van der Waals surface area contributed by atoms with Crippen LogP contribution in [0.5, 0.6) is 0 Å². The molecule has 0 unspecified atom stereocenters. The van der Waals surface area contributed by atoms with Crippen LogP contribution in [0.3, 0.4) is 0 Å². The van der Waals surface area contributed by atoms with Crippen molar-refractivity contribution >= 4 is 18.8 Å². The van der Waals surface area contributed by atoms with Crippen molar-refractivity contribution in [3.8, 4) is 6.07 Å². The summed E-state index contributed by atoms with van der Waals surface area (Å²) in [5.74, 6) is 0. The third kappa shape index (κ3) is 4.87. The first-order chi connectivity index (χ1) is 4.85. The van der Waals surface area contributed by atoms with Gasteiger partial charge in [0.15, 0.2) is 0 Å². The van der Waals surface area contributed by atoms with Crippen molar-refractivity contribution in [2.75, 3.05) is 0 Å². The Labute approximate surface area is 75.1 Å². The molecule has 0 N–H and O–H groups in total. The van der Waals surface area contributed by atoms with E-state index in [-0.39, 0.29) is 0 Å². The van der Waals surface area contributed by atoms with E-state index in [0.717, 1.165) is 0 Å². The number of rotatable bonds is 0. The maximum atomic E-state index is 8.12. The average molecular weight is 359 g/mol. The average Bonchev–Trinajstić information content (AvgIpc) is 2.39. The van der Waals surface area contributed by atoms with E-state index in [1.54, 1.807) is 6.07 Å². The van der Waals surface area contributed by atoms with E-state index in [0.29, 0.717) is 5.56 Å². The molecule has 0 aliphatic rings. The SMILES string of the molecule is N#Cc1ccoc1.[Cl][Pt][Cl]. The molecular weight excluding hydrogens is 356 g/mol. The van der Waals surface area contributed by atoms with Gasteiger partial charge in [-0.3, -0.25) is 0 Å². The molecular formula is C5H3Cl2NOPt. The second kappa shape index (κ2) is 7.15. The van der Waals surface area contributed by atoms with Crippen LogP contribution in [0.2, 0.25) is 0 Å². The molecule has 0 aromatic carbocycles. The van der Waals surface area contributed by atoms with Crippen LogP contribution in [0, 0.1) is 11.3 Å². The van der Waals surface area contributed by atoms with E-state index < -0.39 is 16.5 Å². The predicted octanol–water partition coefficient (Wildman–Crippen LogP) is 2.53. The molecule has 58 valence electrons. The van der Waals surface area contributed by atoms with Gasteiger partial charge >= 0.3 is 35.3 Å². The van der Waals surface area contributed by atoms with Crippen molar-refractivity contribution in [3.63, 3.8) is 0 Å². The van der Waals surface area contributed by atoms with E-state index in [9.17, 15) is 0 Å². The summed E-state index contributed by atoms with van der Waals surface area (Å²) in [4.78, 5) is 0. The number of furan rings is 1. The van der Waals surface area contributed by atoms with Crippen molar-refractivity contribution in [3.05, 3.63) is 24.2 Å². The molecule has 1 aromatic heterocycles. The molecule has 0 saturated carbocycles. The summed E-state index contributed by atoms with van der Waals surface area (Å²) < 4.78 is 4.58. The molecule has 0 radical (unpaired) electrons. The number of hydrogen-bond donors (Lipinski definition) is 0. The summed E-state index contributed by atoms with van der Waals surface area (Å²) in [6.45, 7) is 0. The summed E-state index contributed by atoms with van der Waals surface area (Å²) in [6.07, 6.45) is 2.87. The molecule has 0 atom stereocenters. The quantitative estimate of drug-likeness (QED) is 0.714. The van der Waals surface area contributed by atoms with Gasteiger partial charge in [0.2, 0.25) is 0 Å². The molecule has 1 rings (SSSR count). The van der Waals surface area contributed by atoms with Crippen molar-refractivity contribution in [2.45, 2.75) is 0 Å². The summed E-state index contributed by atoms with van der Waals surface area (Å²) in [7, 11) is 9.75. The summed E-state index contributed by atoms with van der Waals surface area (Å²) in [5, 5.41) is 8.12. The summed E-state index contributed by atoms with van der Waals surface area (Å²) in [6, 6.07) is 3.52. The van der Waals surface area contributed by atoms with E-state index >= 15 is 0 Å². The van der Waals surface area contributed by atoms with Gasteiger partial charge in [0.1, 0.15) is 12.3 Å². The monoisotopic (exact) mass is 358 g/mol. The minimum absolute atomic E-state index is 0.472. The fourth-order valence-electron chi connectivity index (χ4n) is 0.328. The van der Waals surface area contributed by atoms with Crippen molar-refractivity contribution in [2.24, 2.45) is 0 Å². The van der Waals surface area contributed by atoms with Crippen LogP contribution < -0.4 is 0 Å². The zero-order valence-electron chi connectivity index (χ0n) is 4.66. The van der Waals surface area contributed by atoms with E-state index in [4.69, 9.17) is 24.1 Å². The molecule has 1 aromatic rings. The van der Waals surface area contributed by atoms with E-state index in [2.05, 4.69) is 4.42 Å². The summed E-state index contributed by atoms with van der Waals surface area (Å²) >= 11 is -0.472. The molecule has 0 aliphatic heterocycles. The fraction of sp³-hybridized carbons (Fsp3) is 0. The fourth-order valence-corrected chi connectivity index (χ4v) is 0.328.